The molecule has 0 aromatic heterocycles. The van der Waals surface area contributed by atoms with E-state index in [0.29, 0.717) is 41.4 Å². The second-order valence-electron chi connectivity index (χ2n) is 7.96. The highest BCUT2D eigenvalue weighted by atomic mass is 35.5. The Balaban J connectivity index is 1.48. The number of piperidine rings is 1. The third-order valence-electron chi connectivity index (χ3n) is 5.69. The van der Waals surface area contributed by atoms with Crippen molar-refractivity contribution < 1.29 is 22.7 Å². The lowest BCUT2D eigenvalue weighted by Gasteiger charge is -2.32. The van der Waals surface area contributed by atoms with Gasteiger partial charge in [-0.2, -0.15) is 4.31 Å². The molecule has 0 saturated carbocycles. The molecule has 4 rings (SSSR count). The van der Waals surface area contributed by atoms with Crippen molar-refractivity contribution in [2.24, 2.45) is 5.92 Å². The first-order valence-electron chi connectivity index (χ1n) is 10.3. The van der Waals surface area contributed by atoms with Crippen LogP contribution in [0.1, 0.15) is 24.0 Å². The summed E-state index contributed by atoms with van der Waals surface area (Å²) < 4.78 is 33.5. The normalized spacial score (nSPS) is 18.9. The van der Waals surface area contributed by atoms with Crippen molar-refractivity contribution in [3.63, 3.8) is 0 Å². The minimum absolute atomic E-state index is 0.102. The Labute approximate surface area is 191 Å². The third-order valence-corrected chi connectivity index (χ3v) is 8.07. The van der Waals surface area contributed by atoms with Crippen LogP contribution in [0.4, 0.5) is 5.69 Å². The number of hydrogen-bond acceptors (Lipinski definition) is 5. The highest BCUT2D eigenvalue weighted by Crippen LogP contribution is 2.35. The summed E-state index contributed by atoms with van der Waals surface area (Å²) in [6.45, 7) is 2.24. The molecule has 2 aliphatic heterocycles. The standard InChI is InChI=1S/C22H24ClN3O5S/c1-14-9-18-19(31-13-21(27)25-18)10-20(14)32(29,30)26-8-4-6-16(12-26)22(28)24-11-15-5-2-3-7-17(15)23/h2-3,5,7,9-10,16H,4,6,8,11-13H2,1H3,(H,24,28)(H,25,27). The van der Waals surface area contributed by atoms with Crippen LogP contribution in [0.15, 0.2) is 41.3 Å². The molecule has 8 nitrogen and oxygen atoms in total. The minimum atomic E-state index is -3.84. The van der Waals surface area contributed by atoms with Crippen LogP contribution in [0, 0.1) is 12.8 Å². The van der Waals surface area contributed by atoms with Crippen LogP contribution in [0.3, 0.4) is 0 Å². The lowest BCUT2D eigenvalue weighted by molar-refractivity contribution is -0.126. The van der Waals surface area contributed by atoms with Crippen LogP contribution in [0.5, 0.6) is 5.75 Å². The van der Waals surface area contributed by atoms with Crippen molar-refractivity contribution in [3.8, 4) is 5.75 Å². The molecule has 2 heterocycles. The van der Waals surface area contributed by atoms with Gasteiger partial charge in [0, 0.05) is 30.7 Å². The van der Waals surface area contributed by atoms with Gasteiger partial charge in [0.05, 0.1) is 16.5 Å². The SMILES string of the molecule is Cc1cc2c(cc1S(=O)(=O)N1CCCC(C(=O)NCc3ccccc3Cl)C1)OCC(=O)N2. The Kier molecular flexibility index (Phi) is 6.41. The number of nitrogens with one attached hydrogen (secondary N) is 2. The third kappa shape index (κ3) is 4.60. The van der Waals surface area contributed by atoms with Crippen LogP contribution < -0.4 is 15.4 Å². The highest BCUT2D eigenvalue weighted by molar-refractivity contribution is 7.89. The van der Waals surface area contributed by atoms with Gasteiger partial charge in [0.2, 0.25) is 15.9 Å². The predicted octanol–water partition coefficient (Wildman–Crippen LogP) is 2.70. The average molecular weight is 478 g/mol. The van der Waals surface area contributed by atoms with Crippen LogP contribution in [-0.4, -0.2) is 44.2 Å². The van der Waals surface area contributed by atoms with Crippen molar-refractivity contribution in [2.75, 3.05) is 25.0 Å². The second-order valence-corrected chi connectivity index (χ2v) is 10.3. The largest absolute Gasteiger partial charge is 0.482 e. The van der Waals surface area contributed by atoms with E-state index >= 15 is 0 Å². The number of carbonyl (C=O) groups excluding carboxylic acids is 2. The smallest absolute Gasteiger partial charge is 0.262 e. The predicted molar refractivity (Wildman–Crippen MR) is 120 cm³/mol. The molecule has 32 heavy (non-hydrogen) atoms. The number of aryl methyl sites for hydroxylation is 1. The number of hydrogen-bond donors (Lipinski definition) is 2. The summed E-state index contributed by atoms with van der Waals surface area (Å²) in [6, 6.07) is 10.3. The maximum Gasteiger partial charge on any atom is 0.262 e. The molecule has 0 radical (unpaired) electrons. The zero-order chi connectivity index (χ0) is 22.9. The lowest BCUT2D eigenvalue weighted by atomic mass is 9.99. The number of amides is 2. The number of ether oxygens (including phenoxy) is 1. The van der Waals surface area contributed by atoms with Crippen LogP contribution in [0.2, 0.25) is 5.02 Å². The molecular weight excluding hydrogens is 454 g/mol. The Morgan fingerprint density at radius 1 is 1.31 bits per heavy atom. The van der Waals surface area contributed by atoms with E-state index in [9.17, 15) is 18.0 Å². The number of carbonyl (C=O) groups is 2. The number of nitrogens with zero attached hydrogens (tertiary/aromatic N) is 1. The van der Waals surface area contributed by atoms with E-state index < -0.39 is 15.9 Å². The van der Waals surface area contributed by atoms with Gasteiger partial charge in [-0.3, -0.25) is 9.59 Å². The van der Waals surface area contributed by atoms with E-state index in [0.717, 1.165) is 5.56 Å². The van der Waals surface area contributed by atoms with Gasteiger partial charge < -0.3 is 15.4 Å². The van der Waals surface area contributed by atoms with Crippen molar-refractivity contribution >= 4 is 39.1 Å². The number of anilines is 1. The van der Waals surface area contributed by atoms with Gasteiger partial charge in [-0.15, -0.1) is 0 Å². The Bertz CT molecular complexity index is 1170. The van der Waals surface area contributed by atoms with Gasteiger partial charge in [0.25, 0.3) is 5.91 Å². The van der Waals surface area contributed by atoms with Gasteiger partial charge in [-0.1, -0.05) is 29.8 Å². The summed E-state index contributed by atoms with van der Waals surface area (Å²) >= 11 is 6.15. The molecule has 1 saturated heterocycles. The molecule has 10 heteroatoms. The van der Waals surface area contributed by atoms with Gasteiger partial charge in [0.1, 0.15) is 5.75 Å². The molecule has 0 aliphatic carbocycles. The van der Waals surface area contributed by atoms with Gasteiger partial charge in [-0.25, -0.2) is 8.42 Å². The molecule has 1 fully saturated rings. The van der Waals surface area contributed by atoms with Crippen LogP contribution in [0.25, 0.3) is 0 Å². The molecule has 2 amide bonds. The van der Waals surface area contributed by atoms with Crippen molar-refractivity contribution in [2.45, 2.75) is 31.2 Å². The Hall–Kier alpha value is -2.62. The average Bonchev–Trinajstić information content (AvgIpc) is 2.77. The molecule has 2 aromatic rings. The second kappa shape index (κ2) is 9.09. The van der Waals surface area contributed by atoms with Crippen molar-refractivity contribution in [1.82, 2.24) is 9.62 Å². The summed E-state index contributed by atoms with van der Waals surface area (Å²) in [5, 5.41) is 6.12. The van der Waals surface area contributed by atoms with Crippen LogP contribution >= 0.6 is 11.6 Å². The van der Waals surface area contributed by atoms with E-state index in [4.69, 9.17) is 16.3 Å². The van der Waals surface area contributed by atoms with Crippen LogP contribution in [-0.2, 0) is 26.2 Å². The van der Waals surface area contributed by atoms with E-state index in [-0.39, 0.29) is 36.4 Å². The van der Waals surface area contributed by atoms with E-state index in [1.807, 2.05) is 18.2 Å². The fourth-order valence-corrected chi connectivity index (χ4v) is 5.92. The number of benzene rings is 2. The first-order chi connectivity index (χ1) is 15.3. The molecule has 1 unspecified atom stereocenters. The summed E-state index contributed by atoms with van der Waals surface area (Å²) in [4.78, 5) is 24.4. The van der Waals surface area contributed by atoms with Gasteiger partial charge in [0.15, 0.2) is 6.61 Å². The monoisotopic (exact) mass is 477 g/mol. The molecule has 2 aromatic carbocycles. The maximum absolute atomic E-state index is 13.4. The quantitative estimate of drug-likeness (QED) is 0.689. The summed E-state index contributed by atoms with van der Waals surface area (Å²) in [5.41, 5.74) is 1.76. The molecular formula is C22H24ClN3O5S. The molecule has 0 bridgehead atoms. The molecule has 1 atom stereocenters. The topological polar surface area (TPSA) is 105 Å². The van der Waals surface area contributed by atoms with Crippen molar-refractivity contribution in [3.05, 3.63) is 52.5 Å². The summed E-state index contributed by atoms with van der Waals surface area (Å²) in [5.74, 6) is -0.610. The first-order valence-corrected chi connectivity index (χ1v) is 12.2. The van der Waals surface area contributed by atoms with Crippen molar-refractivity contribution in [1.29, 1.82) is 0 Å². The van der Waals surface area contributed by atoms with Gasteiger partial charge >= 0.3 is 0 Å². The minimum Gasteiger partial charge on any atom is -0.482 e. The Morgan fingerprint density at radius 2 is 2.09 bits per heavy atom. The van der Waals surface area contributed by atoms with Gasteiger partial charge in [-0.05, 0) is 43.0 Å². The fourth-order valence-electron chi connectivity index (χ4n) is 3.98. The zero-order valence-corrected chi connectivity index (χ0v) is 19.1. The Morgan fingerprint density at radius 3 is 2.88 bits per heavy atom. The number of fused-ring (bicyclic) bond motifs is 1. The van der Waals surface area contributed by atoms with E-state index in [2.05, 4.69) is 10.6 Å². The highest BCUT2D eigenvalue weighted by Gasteiger charge is 2.35. The number of halogens is 1. The lowest BCUT2D eigenvalue weighted by Crippen LogP contribution is -2.45. The zero-order valence-electron chi connectivity index (χ0n) is 17.6. The van der Waals surface area contributed by atoms with E-state index in [1.54, 1.807) is 19.1 Å². The molecule has 170 valence electrons. The molecule has 2 aliphatic rings. The number of rotatable bonds is 5. The molecule has 2 N–H and O–H groups in total. The number of sulfonamides is 1. The first kappa shape index (κ1) is 22.6. The maximum atomic E-state index is 13.4. The fraction of sp³-hybridized carbons (Fsp3) is 0.364. The van der Waals surface area contributed by atoms with E-state index in [1.165, 1.54) is 10.4 Å². The summed E-state index contributed by atoms with van der Waals surface area (Å²) in [6.07, 6.45) is 1.19. The summed E-state index contributed by atoms with van der Waals surface area (Å²) in [7, 11) is -3.84. The molecule has 0 spiro atoms.